The maximum absolute atomic E-state index is 14.6. The SMILES string of the molecule is CC[C@H](N[C@@]1(O)CCC[C@@H]1O)C1(O)CN(C(=O)c2ccnc(F)c2Nc2ccc(I)cc2F)C1. The van der Waals surface area contributed by atoms with Crippen molar-refractivity contribution in [2.24, 2.45) is 0 Å². The Morgan fingerprint density at radius 1 is 1.32 bits per heavy atom. The molecule has 2 aromatic rings. The lowest BCUT2D eigenvalue weighted by Crippen LogP contribution is -2.74. The third-order valence-electron chi connectivity index (χ3n) is 6.61. The molecule has 2 heterocycles. The molecule has 1 saturated heterocycles. The molecule has 2 aliphatic rings. The van der Waals surface area contributed by atoms with Crippen LogP contribution in [0, 0.1) is 15.3 Å². The summed E-state index contributed by atoms with van der Waals surface area (Å²) in [6, 6.07) is 5.14. The molecule has 4 rings (SSSR count). The average molecular weight is 588 g/mol. The van der Waals surface area contributed by atoms with Crippen molar-refractivity contribution in [3.8, 4) is 0 Å². The van der Waals surface area contributed by atoms with Gasteiger partial charge < -0.3 is 25.5 Å². The van der Waals surface area contributed by atoms with Crippen molar-refractivity contribution in [1.29, 1.82) is 0 Å². The molecule has 0 unspecified atom stereocenters. The van der Waals surface area contributed by atoms with Crippen molar-refractivity contribution in [2.45, 2.75) is 56.1 Å². The van der Waals surface area contributed by atoms with Gasteiger partial charge in [-0.2, -0.15) is 4.39 Å². The number of carbonyl (C=O) groups is 1. The number of pyridine rings is 1. The van der Waals surface area contributed by atoms with E-state index in [1.807, 2.05) is 29.5 Å². The summed E-state index contributed by atoms with van der Waals surface area (Å²) in [6.07, 6.45) is 2.16. The maximum Gasteiger partial charge on any atom is 0.256 e. The smallest absolute Gasteiger partial charge is 0.256 e. The van der Waals surface area contributed by atoms with Crippen molar-refractivity contribution in [2.75, 3.05) is 18.4 Å². The van der Waals surface area contributed by atoms with Gasteiger partial charge >= 0.3 is 0 Å². The monoisotopic (exact) mass is 588 g/mol. The van der Waals surface area contributed by atoms with Gasteiger partial charge in [0.25, 0.3) is 5.91 Å². The molecule has 3 atom stereocenters. The summed E-state index contributed by atoms with van der Waals surface area (Å²) in [5.41, 5.74) is -3.11. The zero-order chi connectivity index (χ0) is 24.7. The Labute approximate surface area is 209 Å². The van der Waals surface area contributed by atoms with Gasteiger partial charge in [-0.3, -0.25) is 10.1 Å². The number of β-amino-alcohol motifs (C(OH)–C–C–N with tert-alkyl or cyclic N) is 1. The second kappa shape index (κ2) is 9.61. The molecular weight excluding hydrogens is 561 g/mol. The summed E-state index contributed by atoms with van der Waals surface area (Å²) in [7, 11) is 0. The number of hydrogen-bond donors (Lipinski definition) is 5. The molecule has 1 aromatic carbocycles. The zero-order valence-electron chi connectivity index (χ0n) is 18.6. The molecule has 0 bridgehead atoms. The first-order chi connectivity index (χ1) is 16.1. The van der Waals surface area contributed by atoms with Gasteiger partial charge in [0, 0.05) is 15.8 Å². The van der Waals surface area contributed by atoms with Crippen molar-refractivity contribution in [3.63, 3.8) is 0 Å². The summed E-state index contributed by atoms with van der Waals surface area (Å²) < 4.78 is 29.5. The molecule has 2 fully saturated rings. The van der Waals surface area contributed by atoms with Gasteiger partial charge in [0.15, 0.2) is 0 Å². The van der Waals surface area contributed by atoms with Crippen LogP contribution in [-0.2, 0) is 0 Å². The number of likely N-dealkylation sites (tertiary alicyclic amines) is 1. The minimum Gasteiger partial charge on any atom is -0.389 e. The van der Waals surface area contributed by atoms with Gasteiger partial charge in [0.05, 0.1) is 30.4 Å². The lowest BCUT2D eigenvalue weighted by Gasteiger charge is -2.52. The van der Waals surface area contributed by atoms with Crippen LogP contribution in [0.25, 0.3) is 0 Å². The van der Waals surface area contributed by atoms with Gasteiger partial charge in [0.1, 0.15) is 22.8 Å². The van der Waals surface area contributed by atoms with E-state index in [1.54, 1.807) is 6.07 Å². The number of aliphatic hydroxyl groups excluding tert-OH is 1. The fourth-order valence-corrected chi connectivity index (χ4v) is 5.12. The van der Waals surface area contributed by atoms with E-state index >= 15 is 0 Å². The Morgan fingerprint density at radius 2 is 2.06 bits per heavy atom. The van der Waals surface area contributed by atoms with Gasteiger partial charge in [-0.25, -0.2) is 9.37 Å². The molecule has 1 aliphatic carbocycles. The van der Waals surface area contributed by atoms with Crippen molar-refractivity contribution >= 4 is 39.9 Å². The number of rotatable bonds is 7. The van der Waals surface area contributed by atoms with Crippen LogP contribution >= 0.6 is 22.6 Å². The number of benzene rings is 1. The number of aromatic nitrogens is 1. The number of carbonyl (C=O) groups excluding carboxylic acids is 1. The summed E-state index contributed by atoms with van der Waals surface area (Å²) in [5, 5.41) is 37.6. The number of hydrogen-bond acceptors (Lipinski definition) is 7. The van der Waals surface area contributed by atoms with E-state index < -0.39 is 41.1 Å². The molecule has 5 N–H and O–H groups in total. The number of anilines is 2. The van der Waals surface area contributed by atoms with E-state index in [9.17, 15) is 28.9 Å². The molecule has 1 aliphatic heterocycles. The van der Waals surface area contributed by atoms with Crippen LogP contribution in [0.4, 0.5) is 20.2 Å². The Kier molecular flexibility index (Phi) is 7.11. The first kappa shape index (κ1) is 25.2. The van der Waals surface area contributed by atoms with Crippen molar-refractivity contribution < 1.29 is 28.9 Å². The summed E-state index contributed by atoms with van der Waals surface area (Å²) in [4.78, 5) is 18.1. The molecule has 1 saturated carbocycles. The van der Waals surface area contributed by atoms with Crippen LogP contribution in [0.1, 0.15) is 43.0 Å². The van der Waals surface area contributed by atoms with E-state index in [4.69, 9.17) is 0 Å². The lowest BCUT2D eigenvalue weighted by molar-refractivity contribution is -0.144. The zero-order valence-corrected chi connectivity index (χ0v) is 20.7. The fraction of sp³-hybridized carbons (Fsp3) is 0.478. The second-order valence-corrected chi connectivity index (χ2v) is 10.2. The summed E-state index contributed by atoms with van der Waals surface area (Å²) in [5.74, 6) is -2.10. The van der Waals surface area contributed by atoms with Gasteiger partial charge in [-0.05, 0) is 72.5 Å². The molecule has 34 heavy (non-hydrogen) atoms. The molecule has 0 spiro atoms. The molecule has 184 valence electrons. The number of halogens is 3. The van der Waals surface area contributed by atoms with Crippen LogP contribution in [0.2, 0.25) is 0 Å². The number of nitrogens with one attached hydrogen (secondary N) is 2. The molecular formula is C23H27F2IN4O4. The summed E-state index contributed by atoms with van der Waals surface area (Å²) in [6.45, 7) is 1.73. The van der Waals surface area contributed by atoms with Gasteiger partial charge in [-0.15, -0.1) is 0 Å². The van der Waals surface area contributed by atoms with Crippen LogP contribution in [0.15, 0.2) is 30.5 Å². The molecule has 1 amide bonds. The van der Waals surface area contributed by atoms with Gasteiger partial charge in [-0.1, -0.05) is 6.92 Å². The Balaban J connectivity index is 1.50. The Bertz CT molecular complexity index is 1080. The van der Waals surface area contributed by atoms with Crippen molar-refractivity contribution in [1.82, 2.24) is 15.2 Å². The first-order valence-corrected chi connectivity index (χ1v) is 12.2. The van der Waals surface area contributed by atoms with Crippen molar-refractivity contribution in [3.05, 3.63) is 51.4 Å². The Morgan fingerprint density at radius 3 is 2.68 bits per heavy atom. The highest BCUT2D eigenvalue weighted by Crippen LogP contribution is 2.35. The molecule has 8 nitrogen and oxygen atoms in total. The Hall–Kier alpha value is -1.93. The largest absolute Gasteiger partial charge is 0.389 e. The minimum atomic E-state index is -1.48. The van der Waals surface area contributed by atoms with Crippen LogP contribution < -0.4 is 10.6 Å². The third kappa shape index (κ3) is 4.76. The summed E-state index contributed by atoms with van der Waals surface area (Å²) >= 11 is 1.95. The molecule has 1 aromatic heterocycles. The number of amides is 1. The quantitative estimate of drug-likeness (QED) is 0.192. The van der Waals surface area contributed by atoms with Gasteiger partial charge in [0.2, 0.25) is 5.95 Å². The lowest BCUT2D eigenvalue weighted by atomic mass is 9.83. The van der Waals surface area contributed by atoms with E-state index in [-0.39, 0.29) is 30.0 Å². The van der Waals surface area contributed by atoms with E-state index in [2.05, 4.69) is 15.6 Å². The van der Waals surface area contributed by atoms with Crippen LogP contribution in [0.3, 0.4) is 0 Å². The number of nitrogens with zero attached hydrogens (tertiary/aromatic N) is 2. The third-order valence-corrected chi connectivity index (χ3v) is 7.28. The highest BCUT2D eigenvalue weighted by Gasteiger charge is 2.52. The normalized spacial score (nSPS) is 24.6. The predicted molar refractivity (Wildman–Crippen MR) is 129 cm³/mol. The average Bonchev–Trinajstić information content (AvgIpc) is 3.10. The number of aliphatic hydroxyl groups is 3. The van der Waals surface area contributed by atoms with Crippen LogP contribution in [-0.4, -0.2) is 67.7 Å². The molecule has 11 heteroatoms. The minimum absolute atomic E-state index is 0.0000857. The highest BCUT2D eigenvalue weighted by atomic mass is 127. The predicted octanol–water partition coefficient (Wildman–Crippen LogP) is 2.50. The van der Waals surface area contributed by atoms with Crippen LogP contribution in [0.5, 0.6) is 0 Å². The first-order valence-electron chi connectivity index (χ1n) is 11.1. The fourth-order valence-electron chi connectivity index (χ4n) is 4.66. The standard InChI is InChI=1S/C23H27F2IN4O4/c1-2-17(29-23(34)8-3-4-18(23)31)22(33)11-30(12-22)21(32)14-7-9-27-20(25)19(14)28-16-6-5-13(26)10-15(16)24/h5-7,9-10,17-18,28-29,31,33-34H,2-4,8,11-12H2,1H3/t17-,18-,23+/m0/s1. The van der Waals surface area contributed by atoms with E-state index in [1.165, 1.54) is 23.1 Å². The van der Waals surface area contributed by atoms with E-state index in [0.717, 1.165) is 6.20 Å². The van der Waals surface area contributed by atoms with E-state index in [0.29, 0.717) is 29.3 Å². The molecule has 0 radical (unpaired) electrons. The topological polar surface area (TPSA) is 118 Å². The maximum atomic E-state index is 14.6. The highest BCUT2D eigenvalue weighted by molar-refractivity contribution is 14.1. The second-order valence-electron chi connectivity index (χ2n) is 8.98.